The molecule has 0 amide bonds. The molecular formula is C52H37N. The summed E-state index contributed by atoms with van der Waals surface area (Å²) in [5.74, 6) is 0. The standard InChI is InChI=1S/C52H37N/c1-51(2)42-26-33(32-21-24-47-40(25-32)37-15-8-9-16-46(37)53(47)35-13-6-5-7-14-35)20-22-36(42)39-28-44-41(29-43(39)51)50-38-23-19-31-12-10-11-30-17-18-34(49(38)48(30)31)27-45(50)52(44,3)4/h5-29H,1-4H3. The first-order valence-corrected chi connectivity index (χ1v) is 18.9. The van der Waals surface area contributed by atoms with Gasteiger partial charge in [0.25, 0.3) is 0 Å². The van der Waals surface area contributed by atoms with E-state index in [2.05, 4.69) is 184 Å². The molecule has 0 fully saturated rings. The summed E-state index contributed by atoms with van der Waals surface area (Å²) in [6.07, 6.45) is 0. The number of hydrogen-bond donors (Lipinski definition) is 0. The van der Waals surface area contributed by atoms with E-state index in [0.717, 1.165) is 0 Å². The lowest BCUT2D eigenvalue weighted by molar-refractivity contribution is 0.652. The maximum absolute atomic E-state index is 2.57. The monoisotopic (exact) mass is 675 g/mol. The zero-order valence-corrected chi connectivity index (χ0v) is 30.4. The summed E-state index contributed by atoms with van der Waals surface area (Å²) >= 11 is 0. The third kappa shape index (κ3) is 3.67. The van der Waals surface area contributed by atoms with Gasteiger partial charge in [-0.2, -0.15) is 0 Å². The Kier molecular flexibility index (Phi) is 5.45. The van der Waals surface area contributed by atoms with Gasteiger partial charge >= 0.3 is 0 Å². The second-order valence-electron chi connectivity index (χ2n) is 16.5. The van der Waals surface area contributed by atoms with Gasteiger partial charge in [0.05, 0.1) is 11.0 Å². The van der Waals surface area contributed by atoms with Crippen LogP contribution >= 0.6 is 0 Å². The summed E-state index contributed by atoms with van der Waals surface area (Å²) in [5, 5.41) is 10.7. The van der Waals surface area contributed by atoms with E-state index in [4.69, 9.17) is 0 Å². The fourth-order valence-corrected chi connectivity index (χ4v) is 10.4. The van der Waals surface area contributed by atoms with Crippen LogP contribution in [0.5, 0.6) is 0 Å². The van der Waals surface area contributed by atoms with Crippen LogP contribution in [-0.4, -0.2) is 4.57 Å². The van der Waals surface area contributed by atoms with Gasteiger partial charge in [0.2, 0.25) is 0 Å². The second-order valence-corrected chi connectivity index (χ2v) is 16.5. The highest BCUT2D eigenvalue weighted by Crippen LogP contribution is 2.58. The number of rotatable bonds is 2. The van der Waals surface area contributed by atoms with Gasteiger partial charge in [-0.25, -0.2) is 0 Å². The van der Waals surface area contributed by atoms with Gasteiger partial charge in [-0.05, 0) is 143 Å². The third-order valence-corrected chi connectivity index (χ3v) is 13.1. The van der Waals surface area contributed by atoms with E-state index in [1.54, 1.807) is 0 Å². The first-order valence-electron chi connectivity index (χ1n) is 18.9. The Balaban J connectivity index is 1.03. The minimum absolute atomic E-state index is 0.106. The van der Waals surface area contributed by atoms with E-state index in [9.17, 15) is 0 Å². The highest BCUT2D eigenvalue weighted by atomic mass is 15.0. The van der Waals surface area contributed by atoms with E-state index in [1.807, 2.05) is 0 Å². The molecule has 0 N–H and O–H groups in total. The Bertz CT molecular complexity index is 3190. The third-order valence-electron chi connectivity index (χ3n) is 13.1. The molecule has 250 valence electrons. The molecule has 12 rings (SSSR count). The van der Waals surface area contributed by atoms with Gasteiger partial charge in [-0.3, -0.25) is 0 Å². The van der Waals surface area contributed by atoms with Crippen molar-refractivity contribution in [3.63, 3.8) is 0 Å². The second kappa shape index (κ2) is 9.82. The maximum atomic E-state index is 2.57. The molecule has 1 heteroatoms. The molecule has 1 heterocycles. The predicted molar refractivity (Wildman–Crippen MR) is 225 cm³/mol. The predicted octanol–water partition coefficient (Wildman–Crippen LogP) is 14.0. The molecule has 0 saturated carbocycles. The van der Waals surface area contributed by atoms with Gasteiger partial charge in [0.15, 0.2) is 0 Å². The highest BCUT2D eigenvalue weighted by molar-refractivity contribution is 6.26. The van der Waals surface area contributed by atoms with Gasteiger partial charge in [0.1, 0.15) is 0 Å². The Morgan fingerprint density at radius 3 is 1.87 bits per heavy atom. The summed E-state index contributed by atoms with van der Waals surface area (Å²) in [5.41, 5.74) is 17.2. The van der Waals surface area contributed by atoms with Gasteiger partial charge in [0, 0.05) is 27.3 Å². The lowest BCUT2D eigenvalue weighted by Gasteiger charge is -2.24. The largest absolute Gasteiger partial charge is 0.309 e. The molecule has 1 nitrogen and oxygen atoms in total. The van der Waals surface area contributed by atoms with Crippen LogP contribution in [0.15, 0.2) is 152 Å². The number of para-hydroxylation sites is 2. The fourth-order valence-electron chi connectivity index (χ4n) is 10.4. The van der Waals surface area contributed by atoms with Crippen LogP contribution in [0.3, 0.4) is 0 Å². The molecule has 10 aromatic rings. The normalized spacial score (nSPS) is 15.1. The molecule has 2 aliphatic carbocycles. The van der Waals surface area contributed by atoms with Crippen molar-refractivity contribution in [1.82, 2.24) is 4.57 Å². The zero-order valence-electron chi connectivity index (χ0n) is 30.4. The van der Waals surface area contributed by atoms with E-state index < -0.39 is 0 Å². The van der Waals surface area contributed by atoms with Crippen molar-refractivity contribution in [3.05, 3.63) is 174 Å². The number of fused-ring (bicyclic) bond motifs is 10. The van der Waals surface area contributed by atoms with Crippen molar-refractivity contribution in [1.29, 1.82) is 0 Å². The summed E-state index contributed by atoms with van der Waals surface area (Å²) < 4.78 is 2.39. The molecule has 2 aliphatic rings. The van der Waals surface area contributed by atoms with Crippen molar-refractivity contribution in [2.75, 3.05) is 0 Å². The van der Waals surface area contributed by atoms with Crippen molar-refractivity contribution in [3.8, 4) is 39.1 Å². The molecule has 0 spiro atoms. The van der Waals surface area contributed by atoms with Gasteiger partial charge < -0.3 is 4.57 Å². The molecule has 53 heavy (non-hydrogen) atoms. The van der Waals surface area contributed by atoms with Crippen LogP contribution in [0.25, 0.3) is 93.2 Å². The topological polar surface area (TPSA) is 4.93 Å². The number of hydrogen-bond acceptors (Lipinski definition) is 0. The average molecular weight is 676 g/mol. The molecule has 1 aromatic heterocycles. The van der Waals surface area contributed by atoms with Gasteiger partial charge in [-0.15, -0.1) is 0 Å². The van der Waals surface area contributed by atoms with Crippen molar-refractivity contribution in [2.45, 2.75) is 38.5 Å². The molecule has 0 aliphatic heterocycles. The van der Waals surface area contributed by atoms with Crippen molar-refractivity contribution < 1.29 is 0 Å². The van der Waals surface area contributed by atoms with Crippen LogP contribution < -0.4 is 0 Å². The molecular weight excluding hydrogens is 639 g/mol. The van der Waals surface area contributed by atoms with Crippen LogP contribution in [0.4, 0.5) is 0 Å². The highest BCUT2D eigenvalue weighted by Gasteiger charge is 2.42. The van der Waals surface area contributed by atoms with Crippen LogP contribution in [0, 0.1) is 0 Å². The quantitative estimate of drug-likeness (QED) is 0.161. The summed E-state index contributed by atoms with van der Waals surface area (Å²) in [6, 6.07) is 57.4. The van der Waals surface area contributed by atoms with Crippen LogP contribution in [0.2, 0.25) is 0 Å². The Labute approximate surface area is 309 Å². The Hall–Kier alpha value is -6.18. The average Bonchev–Trinajstić information content (AvgIpc) is 3.72. The zero-order chi connectivity index (χ0) is 35.4. The molecule has 0 saturated heterocycles. The molecule has 0 bridgehead atoms. The minimum Gasteiger partial charge on any atom is -0.309 e. The van der Waals surface area contributed by atoms with Crippen LogP contribution in [0.1, 0.15) is 49.9 Å². The van der Waals surface area contributed by atoms with E-state index in [0.29, 0.717) is 0 Å². The molecule has 0 radical (unpaired) electrons. The summed E-state index contributed by atoms with van der Waals surface area (Å²) in [6.45, 7) is 9.71. The molecule has 0 unspecified atom stereocenters. The Morgan fingerprint density at radius 1 is 0.377 bits per heavy atom. The van der Waals surface area contributed by atoms with Crippen LogP contribution in [-0.2, 0) is 10.8 Å². The lowest BCUT2D eigenvalue weighted by Crippen LogP contribution is -2.17. The molecule has 9 aromatic carbocycles. The first kappa shape index (κ1) is 29.4. The smallest absolute Gasteiger partial charge is 0.0541 e. The maximum Gasteiger partial charge on any atom is 0.0541 e. The summed E-state index contributed by atoms with van der Waals surface area (Å²) in [7, 11) is 0. The SMILES string of the molecule is CC1(C)c2cc(-c3ccc4c(c3)c3ccccc3n4-c3ccccc3)ccc2-c2cc3c(cc21)-c1c(cc2ccc4cccc5ccc1c2c45)C3(C)C. The first-order chi connectivity index (χ1) is 25.8. The minimum atomic E-state index is -0.139. The number of benzene rings is 9. The van der Waals surface area contributed by atoms with E-state index >= 15 is 0 Å². The number of nitrogens with zero attached hydrogens (tertiary/aromatic N) is 1. The van der Waals surface area contributed by atoms with Crippen molar-refractivity contribution in [2.24, 2.45) is 0 Å². The molecule has 0 atom stereocenters. The number of aromatic nitrogens is 1. The fraction of sp³-hybridized carbons (Fsp3) is 0.115. The van der Waals surface area contributed by atoms with Crippen molar-refractivity contribution >= 4 is 54.1 Å². The van der Waals surface area contributed by atoms with Gasteiger partial charge in [-0.1, -0.05) is 125 Å². The Morgan fingerprint density at radius 2 is 1.02 bits per heavy atom. The van der Waals surface area contributed by atoms with E-state index in [1.165, 1.54) is 115 Å². The van der Waals surface area contributed by atoms with E-state index in [-0.39, 0.29) is 10.8 Å². The summed E-state index contributed by atoms with van der Waals surface area (Å²) in [4.78, 5) is 0. The lowest BCUT2D eigenvalue weighted by atomic mass is 9.79.